The van der Waals surface area contributed by atoms with E-state index in [9.17, 15) is 24.5 Å². The molecule has 0 fully saturated rings. The van der Waals surface area contributed by atoms with E-state index in [-0.39, 0.29) is 30.9 Å². The second-order valence-electron chi connectivity index (χ2n) is 5.99. The van der Waals surface area contributed by atoms with E-state index < -0.39 is 16.8 Å². The van der Waals surface area contributed by atoms with Crippen molar-refractivity contribution in [1.82, 2.24) is 0 Å². The van der Waals surface area contributed by atoms with E-state index in [0.29, 0.717) is 11.3 Å². The number of anilines is 1. The third-order valence-electron chi connectivity index (χ3n) is 3.97. The summed E-state index contributed by atoms with van der Waals surface area (Å²) < 4.78 is 4.91. The van der Waals surface area contributed by atoms with Gasteiger partial charge in [0.1, 0.15) is 0 Å². The molecule has 0 unspecified atom stereocenters. The van der Waals surface area contributed by atoms with E-state index in [4.69, 9.17) is 4.74 Å². The summed E-state index contributed by atoms with van der Waals surface area (Å²) in [6, 6.07) is 12.4. The Balaban J connectivity index is 1.72. The molecule has 0 aliphatic heterocycles. The van der Waals surface area contributed by atoms with Crippen LogP contribution in [0.2, 0.25) is 0 Å². The molecule has 0 heterocycles. The van der Waals surface area contributed by atoms with E-state index in [2.05, 4.69) is 5.32 Å². The van der Waals surface area contributed by atoms with Gasteiger partial charge in [-0.2, -0.15) is 0 Å². The molecule has 0 aliphatic rings. The number of hydrogen-bond donors (Lipinski definition) is 1. The van der Waals surface area contributed by atoms with E-state index in [1.165, 1.54) is 24.3 Å². The predicted octanol–water partition coefficient (Wildman–Crippen LogP) is 3.30. The van der Waals surface area contributed by atoms with Gasteiger partial charge in [0.25, 0.3) is 5.69 Å². The second kappa shape index (κ2) is 9.96. The fourth-order valence-electron chi connectivity index (χ4n) is 2.33. The van der Waals surface area contributed by atoms with Crippen molar-refractivity contribution in [2.75, 3.05) is 11.9 Å². The fraction of sp³-hybridized carbons (Fsp3) is 0.250. The first-order valence-electron chi connectivity index (χ1n) is 8.71. The molecule has 0 atom stereocenters. The normalized spacial score (nSPS) is 10.2. The molecule has 8 nitrogen and oxygen atoms in total. The number of carbonyl (C=O) groups excluding carboxylic acids is 3. The summed E-state index contributed by atoms with van der Waals surface area (Å²) in [5.74, 6) is -1.41. The van der Waals surface area contributed by atoms with Crippen molar-refractivity contribution in [3.8, 4) is 0 Å². The Kier molecular flexibility index (Phi) is 7.38. The summed E-state index contributed by atoms with van der Waals surface area (Å²) in [5.41, 5.74) is 1.86. The highest BCUT2D eigenvalue weighted by Crippen LogP contribution is 2.15. The van der Waals surface area contributed by atoms with Crippen molar-refractivity contribution >= 4 is 29.0 Å². The number of benzene rings is 2. The lowest BCUT2D eigenvalue weighted by Crippen LogP contribution is -2.17. The zero-order valence-corrected chi connectivity index (χ0v) is 15.3. The molecule has 2 aromatic rings. The molecule has 0 saturated carbocycles. The molecule has 8 heteroatoms. The Labute approximate surface area is 161 Å². The maximum Gasteiger partial charge on any atom is 0.306 e. The van der Waals surface area contributed by atoms with Crippen molar-refractivity contribution in [2.45, 2.75) is 26.2 Å². The van der Waals surface area contributed by atoms with Crippen LogP contribution < -0.4 is 5.32 Å². The van der Waals surface area contributed by atoms with Crippen LogP contribution in [-0.4, -0.2) is 29.2 Å². The number of rotatable bonds is 9. The number of aryl methyl sites for hydroxylation is 1. The Morgan fingerprint density at radius 3 is 2.21 bits per heavy atom. The summed E-state index contributed by atoms with van der Waals surface area (Å²) in [4.78, 5) is 45.6. The number of nitrogens with one attached hydrogen (secondary N) is 1. The van der Waals surface area contributed by atoms with Gasteiger partial charge in [-0.1, -0.05) is 31.2 Å². The Morgan fingerprint density at radius 2 is 1.64 bits per heavy atom. The van der Waals surface area contributed by atoms with E-state index in [0.717, 1.165) is 12.0 Å². The minimum atomic E-state index is -0.655. The Morgan fingerprint density at radius 1 is 1.00 bits per heavy atom. The molecular formula is C20H20N2O6. The molecule has 1 amide bonds. The van der Waals surface area contributed by atoms with Crippen LogP contribution in [0.25, 0.3) is 0 Å². The SMILES string of the molecule is CCc1ccc(C(=O)COC(=O)CCC(=O)Nc2ccc([N+](=O)[O-])cc2)cc1. The largest absolute Gasteiger partial charge is 0.457 e. The quantitative estimate of drug-likeness (QED) is 0.307. The third kappa shape index (κ3) is 6.31. The highest BCUT2D eigenvalue weighted by molar-refractivity contribution is 5.98. The van der Waals surface area contributed by atoms with Crippen LogP contribution in [0.15, 0.2) is 48.5 Å². The first-order valence-corrected chi connectivity index (χ1v) is 8.71. The van der Waals surface area contributed by atoms with Gasteiger partial charge in [-0.25, -0.2) is 0 Å². The van der Waals surface area contributed by atoms with Crippen LogP contribution in [0.1, 0.15) is 35.7 Å². The summed E-state index contributed by atoms with van der Waals surface area (Å²) in [5, 5.41) is 13.1. The van der Waals surface area contributed by atoms with Crippen molar-refractivity contribution in [3.05, 3.63) is 69.8 Å². The van der Waals surface area contributed by atoms with Crippen LogP contribution >= 0.6 is 0 Å². The molecule has 0 bridgehead atoms. The number of amides is 1. The lowest BCUT2D eigenvalue weighted by atomic mass is 10.1. The third-order valence-corrected chi connectivity index (χ3v) is 3.97. The number of nitrogens with zero attached hydrogens (tertiary/aromatic N) is 1. The van der Waals surface area contributed by atoms with Gasteiger partial charge in [-0.05, 0) is 24.1 Å². The van der Waals surface area contributed by atoms with E-state index >= 15 is 0 Å². The first kappa shape index (κ1) is 20.8. The molecule has 2 aromatic carbocycles. The highest BCUT2D eigenvalue weighted by atomic mass is 16.6. The summed E-state index contributed by atoms with van der Waals surface area (Å²) in [7, 11) is 0. The molecule has 0 saturated heterocycles. The number of ketones is 1. The minimum Gasteiger partial charge on any atom is -0.457 e. The van der Waals surface area contributed by atoms with Crippen molar-refractivity contribution < 1.29 is 24.0 Å². The predicted molar refractivity (Wildman–Crippen MR) is 102 cm³/mol. The minimum absolute atomic E-state index is 0.0874. The van der Waals surface area contributed by atoms with Gasteiger partial charge in [0.2, 0.25) is 5.91 Å². The number of esters is 1. The number of nitro groups is 1. The number of ether oxygens (including phenoxy) is 1. The zero-order chi connectivity index (χ0) is 20.5. The van der Waals surface area contributed by atoms with Gasteiger partial charge in [-0.15, -0.1) is 0 Å². The average Bonchev–Trinajstić information content (AvgIpc) is 2.71. The molecular weight excluding hydrogens is 364 g/mol. The first-order chi connectivity index (χ1) is 13.4. The molecule has 0 radical (unpaired) electrons. The van der Waals surface area contributed by atoms with Gasteiger partial charge in [-0.3, -0.25) is 24.5 Å². The highest BCUT2D eigenvalue weighted by Gasteiger charge is 2.12. The standard InChI is InChI=1S/C20H20N2O6/c1-2-14-3-5-15(6-4-14)18(23)13-28-20(25)12-11-19(24)21-16-7-9-17(10-8-16)22(26)27/h3-10H,2,11-13H2,1H3,(H,21,24). The maximum atomic E-state index is 12.0. The zero-order valence-electron chi connectivity index (χ0n) is 15.3. The van der Waals surface area contributed by atoms with Crippen molar-refractivity contribution in [1.29, 1.82) is 0 Å². The number of nitro benzene ring substituents is 1. The van der Waals surface area contributed by atoms with E-state index in [1.54, 1.807) is 12.1 Å². The fourth-order valence-corrected chi connectivity index (χ4v) is 2.33. The number of Topliss-reactive ketones (excluding diaryl/α,β-unsaturated/α-hetero) is 1. The number of non-ortho nitro benzene ring substituents is 1. The summed E-state index contributed by atoms with van der Waals surface area (Å²) >= 11 is 0. The van der Waals surface area contributed by atoms with Gasteiger partial charge in [0.05, 0.1) is 11.3 Å². The monoisotopic (exact) mass is 384 g/mol. The molecule has 28 heavy (non-hydrogen) atoms. The van der Waals surface area contributed by atoms with Gasteiger partial charge < -0.3 is 10.1 Å². The van der Waals surface area contributed by atoms with Gasteiger partial charge in [0, 0.05) is 29.8 Å². The molecule has 0 spiro atoms. The lowest BCUT2D eigenvalue weighted by Gasteiger charge is -2.06. The molecule has 1 N–H and O–H groups in total. The molecule has 146 valence electrons. The summed E-state index contributed by atoms with van der Waals surface area (Å²) in [6.45, 7) is 1.63. The average molecular weight is 384 g/mol. The van der Waals surface area contributed by atoms with Crippen LogP contribution in [0, 0.1) is 10.1 Å². The lowest BCUT2D eigenvalue weighted by molar-refractivity contribution is -0.384. The number of hydrogen-bond acceptors (Lipinski definition) is 6. The molecule has 0 aliphatic carbocycles. The maximum absolute atomic E-state index is 12.0. The van der Waals surface area contributed by atoms with Crippen LogP contribution in [0.5, 0.6) is 0 Å². The smallest absolute Gasteiger partial charge is 0.306 e. The Hall–Kier alpha value is -3.55. The molecule has 0 aromatic heterocycles. The molecule has 2 rings (SSSR count). The topological polar surface area (TPSA) is 116 Å². The van der Waals surface area contributed by atoms with Crippen molar-refractivity contribution in [2.24, 2.45) is 0 Å². The van der Waals surface area contributed by atoms with E-state index in [1.807, 2.05) is 19.1 Å². The summed E-state index contributed by atoms with van der Waals surface area (Å²) in [6.07, 6.45) is 0.557. The van der Waals surface area contributed by atoms with Gasteiger partial charge >= 0.3 is 5.97 Å². The van der Waals surface area contributed by atoms with Crippen LogP contribution in [0.4, 0.5) is 11.4 Å². The number of carbonyl (C=O) groups is 3. The Bertz CT molecular complexity index is 859. The second-order valence-corrected chi connectivity index (χ2v) is 5.99. The van der Waals surface area contributed by atoms with Gasteiger partial charge in [0.15, 0.2) is 12.4 Å². The van der Waals surface area contributed by atoms with Crippen LogP contribution in [-0.2, 0) is 20.7 Å². The van der Waals surface area contributed by atoms with Crippen molar-refractivity contribution in [3.63, 3.8) is 0 Å². The van der Waals surface area contributed by atoms with Crippen LogP contribution in [0.3, 0.4) is 0 Å².